The Balaban J connectivity index is 2.68. The first-order valence-corrected chi connectivity index (χ1v) is 6.53. The van der Waals surface area contributed by atoms with E-state index in [9.17, 15) is 9.18 Å². The quantitative estimate of drug-likeness (QED) is 0.666. The molecule has 0 saturated carbocycles. The van der Waals surface area contributed by atoms with Crippen LogP contribution in [0.2, 0.25) is 0 Å². The molecule has 0 bridgehead atoms. The zero-order valence-corrected chi connectivity index (χ0v) is 11.7. The molecule has 0 fully saturated rings. The molecule has 0 heterocycles. The zero-order valence-electron chi connectivity index (χ0n) is 11.7. The summed E-state index contributed by atoms with van der Waals surface area (Å²) in [7, 11) is 1.85. The highest BCUT2D eigenvalue weighted by Crippen LogP contribution is 2.23. The van der Waals surface area contributed by atoms with E-state index >= 15 is 0 Å². The summed E-state index contributed by atoms with van der Waals surface area (Å²) in [6, 6.07) is 4.48. The number of hydrogen-bond acceptors (Lipinski definition) is 3. The van der Waals surface area contributed by atoms with Gasteiger partial charge in [-0.1, -0.05) is 0 Å². The molecule has 0 spiro atoms. The fourth-order valence-electron chi connectivity index (χ4n) is 1.69. The van der Waals surface area contributed by atoms with Gasteiger partial charge < -0.3 is 16.0 Å². The molecule has 19 heavy (non-hydrogen) atoms. The molecule has 0 unspecified atom stereocenters. The summed E-state index contributed by atoms with van der Waals surface area (Å²) in [6.45, 7) is 4.72. The summed E-state index contributed by atoms with van der Waals surface area (Å²) in [4.78, 5) is 11.7. The van der Waals surface area contributed by atoms with E-state index in [0.29, 0.717) is 17.8 Å². The van der Waals surface area contributed by atoms with Crippen LogP contribution >= 0.6 is 0 Å². The van der Waals surface area contributed by atoms with Crippen molar-refractivity contribution in [3.8, 4) is 0 Å². The second kappa shape index (κ2) is 7.74. The third kappa shape index (κ3) is 5.70. The number of carbonyl (C=O) groups is 1. The molecule has 0 saturated heterocycles. The van der Waals surface area contributed by atoms with E-state index < -0.39 is 0 Å². The van der Waals surface area contributed by atoms with Crippen molar-refractivity contribution in [3.05, 3.63) is 24.0 Å². The number of anilines is 2. The lowest BCUT2D eigenvalue weighted by atomic mass is 10.2. The first-order chi connectivity index (χ1) is 9.02. The smallest absolute Gasteiger partial charge is 0.224 e. The molecule has 0 aliphatic rings. The van der Waals surface area contributed by atoms with Crippen LogP contribution in [0.5, 0.6) is 0 Å². The highest BCUT2D eigenvalue weighted by atomic mass is 19.1. The van der Waals surface area contributed by atoms with Crippen molar-refractivity contribution in [2.24, 2.45) is 0 Å². The Bertz CT molecular complexity index is 421. The van der Waals surface area contributed by atoms with Gasteiger partial charge >= 0.3 is 0 Å². The normalized spacial score (nSPS) is 10.6. The Kier molecular flexibility index (Phi) is 6.29. The monoisotopic (exact) mass is 267 g/mol. The fourth-order valence-corrected chi connectivity index (χ4v) is 1.69. The maximum absolute atomic E-state index is 13.2. The molecule has 0 aliphatic carbocycles. The van der Waals surface area contributed by atoms with Crippen LogP contribution in [0.25, 0.3) is 0 Å². The fraction of sp³-hybridized carbons (Fsp3) is 0.500. The summed E-state index contributed by atoms with van der Waals surface area (Å²) >= 11 is 0. The predicted molar refractivity (Wildman–Crippen MR) is 76.9 cm³/mol. The highest BCUT2D eigenvalue weighted by Gasteiger charge is 2.08. The number of carbonyl (C=O) groups excluding carboxylic acids is 1. The predicted octanol–water partition coefficient (Wildman–Crippen LogP) is 2.58. The largest absolute Gasteiger partial charge is 0.381 e. The molecule has 0 aromatic heterocycles. The Morgan fingerprint density at radius 3 is 2.68 bits per heavy atom. The van der Waals surface area contributed by atoms with Crippen LogP contribution in [0.3, 0.4) is 0 Å². The second-order valence-electron chi connectivity index (χ2n) is 4.74. The minimum Gasteiger partial charge on any atom is -0.381 e. The minimum absolute atomic E-state index is 0.0614. The van der Waals surface area contributed by atoms with Gasteiger partial charge in [0.15, 0.2) is 0 Å². The van der Waals surface area contributed by atoms with Crippen molar-refractivity contribution >= 4 is 17.3 Å². The van der Waals surface area contributed by atoms with Crippen LogP contribution in [-0.2, 0) is 4.79 Å². The lowest BCUT2D eigenvalue weighted by Crippen LogP contribution is -2.17. The minimum atomic E-state index is -0.323. The van der Waals surface area contributed by atoms with Gasteiger partial charge in [-0.2, -0.15) is 0 Å². The van der Waals surface area contributed by atoms with E-state index in [1.165, 1.54) is 12.1 Å². The van der Waals surface area contributed by atoms with Gasteiger partial charge in [0.05, 0.1) is 11.4 Å². The first-order valence-electron chi connectivity index (χ1n) is 6.53. The van der Waals surface area contributed by atoms with Crippen molar-refractivity contribution in [3.63, 3.8) is 0 Å². The van der Waals surface area contributed by atoms with E-state index in [1.807, 2.05) is 20.9 Å². The summed E-state index contributed by atoms with van der Waals surface area (Å²) in [5.74, 6) is -0.384. The number of amides is 1. The lowest BCUT2D eigenvalue weighted by molar-refractivity contribution is -0.116. The zero-order chi connectivity index (χ0) is 14.3. The number of halogens is 1. The molecule has 0 aliphatic heterocycles. The standard InChI is InChI=1S/C14H22FN3O/c1-10(2)17-13-9-11(15)6-7-12(13)18-14(19)5-4-8-16-3/h6-7,9-10,16-17H,4-5,8H2,1-3H3,(H,18,19). The van der Waals surface area contributed by atoms with Crippen LogP contribution in [0, 0.1) is 5.82 Å². The number of hydrogen-bond donors (Lipinski definition) is 3. The molecule has 1 aromatic rings. The maximum atomic E-state index is 13.2. The number of nitrogens with one attached hydrogen (secondary N) is 3. The van der Waals surface area contributed by atoms with E-state index in [4.69, 9.17) is 0 Å². The molecule has 1 rings (SSSR count). The molecule has 3 N–H and O–H groups in total. The van der Waals surface area contributed by atoms with Crippen molar-refractivity contribution in [1.29, 1.82) is 0 Å². The topological polar surface area (TPSA) is 53.2 Å². The molecule has 4 nitrogen and oxygen atoms in total. The summed E-state index contributed by atoms with van der Waals surface area (Å²) in [5, 5.41) is 8.92. The Morgan fingerprint density at radius 1 is 1.32 bits per heavy atom. The van der Waals surface area contributed by atoms with Crippen LogP contribution in [0.4, 0.5) is 15.8 Å². The van der Waals surface area contributed by atoms with E-state index in [2.05, 4.69) is 16.0 Å². The van der Waals surface area contributed by atoms with Gasteiger partial charge in [0.25, 0.3) is 0 Å². The van der Waals surface area contributed by atoms with Crippen molar-refractivity contribution in [2.45, 2.75) is 32.7 Å². The number of benzene rings is 1. The van der Waals surface area contributed by atoms with Gasteiger partial charge in [-0.15, -0.1) is 0 Å². The molecule has 5 heteroatoms. The van der Waals surface area contributed by atoms with Crippen LogP contribution < -0.4 is 16.0 Å². The van der Waals surface area contributed by atoms with Crippen LogP contribution in [0.15, 0.2) is 18.2 Å². The third-order valence-electron chi connectivity index (χ3n) is 2.53. The molecular formula is C14H22FN3O. The number of rotatable bonds is 7. The van der Waals surface area contributed by atoms with Gasteiger partial charge in [-0.05, 0) is 52.1 Å². The van der Waals surface area contributed by atoms with Crippen molar-refractivity contribution in [2.75, 3.05) is 24.2 Å². The summed E-state index contributed by atoms with van der Waals surface area (Å²) in [5.41, 5.74) is 1.22. The van der Waals surface area contributed by atoms with Gasteiger partial charge in [-0.3, -0.25) is 4.79 Å². The van der Waals surface area contributed by atoms with Crippen LogP contribution in [-0.4, -0.2) is 25.5 Å². The lowest BCUT2D eigenvalue weighted by Gasteiger charge is -2.15. The Labute approximate surface area is 113 Å². The maximum Gasteiger partial charge on any atom is 0.224 e. The second-order valence-corrected chi connectivity index (χ2v) is 4.74. The SMILES string of the molecule is CNCCCC(=O)Nc1ccc(F)cc1NC(C)C. The first kappa shape index (κ1) is 15.4. The molecule has 1 aromatic carbocycles. The van der Waals surface area contributed by atoms with Gasteiger partial charge in [0.1, 0.15) is 5.82 Å². The van der Waals surface area contributed by atoms with Crippen molar-refractivity contribution < 1.29 is 9.18 Å². The summed E-state index contributed by atoms with van der Waals surface area (Å²) < 4.78 is 13.2. The van der Waals surface area contributed by atoms with E-state index in [1.54, 1.807) is 6.07 Å². The highest BCUT2D eigenvalue weighted by molar-refractivity contribution is 5.94. The summed E-state index contributed by atoms with van der Waals surface area (Å²) in [6.07, 6.45) is 1.22. The molecule has 0 radical (unpaired) electrons. The molecule has 0 atom stereocenters. The Hall–Kier alpha value is -1.62. The van der Waals surface area contributed by atoms with Crippen LogP contribution in [0.1, 0.15) is 26.7 Å². The average molecular weight is 267 g/mol. The molecule has 106 valence electrons. The van der Waals surface area contributed by atoms with E-state index in [-0.39, 0.29) is 17.8 Å². The van der Waals surface area contributed by atoms with E-state index in [0.717, 1.165) is 13.0 Å². The molecular weight excluding hydrogens is 245 g/mol. The Morgan fingerprint density at radius 2 is 2.05 bits per heavy atom. The third-order valence-corrected chi connectivity index (χ3v) is 2.53. The van der Waals surface area contributed by atoms with Crippen molar-refractivity contribution in [1.82, 2.24) is 5.32 Å². The molecule has 1 amide bonds. The van der Waals surface area contributed by atoms with Gasteiger partial charge in [-0.25, -0.2) is 4.39 Å². The van der Waals surface area contributed by atoms with Gasteiger partial charge in [0.2, 0.25) is 5.91 Å². The average Bonchev–Trinajstić information content (AvgIpc) is 2.32. The van der Waals surface area contributed by atoms with Gasteiger partial charge in [0, 0.05) is 12.5 Å².